The first-order chi connectivity index (χ1) is 11.5. The Hall–Kier alpha value is -2.70. The smallest absolute Gasteiger partial charge is 0.358 e. The van der Waals surface area contributed by atoms with Crippen LogP contribution in [-0.2, 0) is 23.2 Å². The van der Waals surface area contributed by atoms with Crippen molar-refractivity contribution < 1.29 is 14.7 Å². The Morgan fingerprint density at radius 2 is 2.17 bits per heavy atom. The van der Waals surface area contributed by atoms with Crippen molar-refractivity contribution in [1.29, 1.82) is 0 Å². The fourth-order valence-electron chi connectivity index (χ4n) is 3.28. The second-order valence-corrected chi connectivity index (χ2v) is 6.45. The molecule has 0 spiro atoms. The molecule has 7 nitrogen and oxygen atoms in total. The number of fused-ring (bicyclic) bond motifs is 1. The van der Waals surface area contributed by atoms with E-state index in [4.69, 9.17) is 5.11 Å². The van der Waals surface area contributed by atoms with Crippen molar-refractivity contribution in [2.24, 2.45) is 0 Å². The van der Waals surface area contributed by atoms with E-state index in [9.17, 15) is 9.59 Å². The molecule has 126 valence electrons. The van der Waals surface area contributed by atoms with E-state index in [2.05, 4.69) is 34.7 Å². The maximum Gasteiger partial charge on any atom is 0.358 e. The number of nitrogens with one attached hydrogen (secondary N) is 1. The number of amides is 1. The zero-order valence-corrected chi connectivity index (χ0v) is 13.5. The normalized spacial score (nSPS) is 19.5. The zero-order chi connectivity index (χ0) is 17.2. The van der Waals surface area contributed by atoms with Crippen LogP contribution in [0.15, 0.2) is 30.5 Å². The standard InChI is InChI=1S/C17H20N4O3/c1-17(8-4-6-12-5-2-3-7-13(12)17)11-18-15(22)10-21-9-14(16(23)24)19-20-21/h2-3,5,7,9H,4,6,8,10-11H2,1H3,(H,18,22)(H,23,24). The number of rotatable bonds is 5. The van der Waals surface area contributed by atoms with Crippen LogP contribution in [0.4, 0.5) is 0 Å². The van der Waals surface area contributed by atoms with Crippen LogP contribution in [0.3, 0.4) is 0 Å². The third kappa shape index (κ3) is 3.29. The second kappa shape index (κ2) is 6.43. The third-order valence-corrected chi connectivity index (χ3v) is 4.58. The van der Waals surface area contributed by atoms with Crippen LogP contribution in [-0.4, -0.2) is 38.5 Å². The van der Waals surface area contributed by atoms with E-state index in [0.717, 1.165) is 19.3 Å². The quantitative estimate of drug-likeness (QED) is 0.864. The number of aromatic carboxylic acids is 1. The Bertz CT molecular complexity index is 771. The molecule has 24 heavy (non-hydrogen) atoms. The Kier molecular flexibility index (Phi) is 4.33. The molecule has 0 saturated heterocycles. The number of hydrogen-bond acceptors (Lipinski definition) is 4. The maximum absolute atomic E-state index is 12.1. The molecular formula is C17H20N4O3. The fraction of sp³-hybridized carbons (Fsp3) is 0.412. The SMILES string of the molecule is CC1(CNC(=O)Cn2cc(C(=O)O)nn2)CCCc2ccccc21. The average molecular weight is 328 g/mol. The summed E-state index contributed by atoms with van der Waals surface area (Å²) in [7, 11) is 0. The summed E-state index contributed by atoms with van der Waals surface area (Å²) < 4.78 is 1.23. The lowest BCUT2D eigenvalue weighted by molar-refractivity contribution is -0.122. The Morgan fingerprint density at radius 3 is 2.92 bits per heavy atom. The lowest BCUT2D eigenvalue weighted by Crippen LogP contribution is -2.42. The van der Waals surface area contributed by atoms with E-state index in [0.29, 0.717) is 6.54 Å². The second-order valence-electron chi connectivity index (χ2n) is 6.45. The fourth-order valence-corrected chi connectivity index (χ4v) is 3.28. The summed E-state index contributed by atoms with van der Waals surface area (Å²) in [6, 6.07) is 8.37. The summed E-state index contributed by atoms with van der Waals surface area (Å²) in [5.41, 5.74) is 2.39. The summed E-state index contributed by atoms with van der Waals surface area (Å²) >= 11 is 0. The van der Waals surface area contributed by atoms with Crippen molar-refractivity contribution in [2.75, 3.05) is 6.54 Å². The monoisotopic (exact) mass is 328 g/mol. The summed E-state index contributed by atoms with van der Waals surface area (Å²) in [5.74, 6) is -1.37. The van der Waals surface area contributed by atoms with Crippen LogP contribution in [0.5, 0.6) is 0 Å². The van der Waals surface area contributed by atoms with Crippen molar-refractivity contribution in [3.8, 4) is 0 Å². The van der Waals surface area contributed by atoms with Crippen LogP contribution in [0.2, 0.25) is 0 Å². The van der Waals surface area contributed by atoms with Crippen molar-refractivity contribution in [3.05, 3.63) is 47.3 Å². The largest absolute Gasteiger partial charge is 0.476 e. The number of benzene rings is 1. The van der Waals surface area contributed by atoms with Gasteiger partial charge in [0.2, 0.25) is 5.91 Å². The summed E-state index contributed by atoms with van der Waals surface area (Å²) in [6.45, 7) is 2.67. The average Bonchev–Trinajstić information content (AvgIpc) is 3.02. The molecule has 1 aliphatic carbocycles. The van der Waals surface area contributed by atoms with Crippen LogP contribution in [0.25, 0.3) is 0 Å². The Balaban J connectivity index is 1.63. The molecule has 0 radical (unpaired) electrons. The molecule has 0 aliphatic heterocycles. The number of nitrogens with zero attached hydrogens (tertiary/aromatic N) is 3. The highest BCUT2D eigenvalue weighted by Crippen LogP contribution is 2.36. The van der Waals surface area contributed by atoms with E-state index in [1.54, 1.807) is 0 Å². The van der Waals surface area contributed by atoms with Gasteiger partial charge in [-0.1, -0.05) is 36.4 Å². The minimum Gasteiger partial charge on any atom is -0.476 e. The van der Waals surface area contributed by atoms with E-state index < -0.39 is 5.97 Å². The van der Waals surface area contributed by atoms with E-state index in [1.807, 2.05) is 12.1 Å². The summed E-state index contributed by atoms with van der Waals surface area (Å²) in [4.78, 5) is 22.9. The minimum absolute atomic E-state index is 0.0436. The van der Waals surface area contributed by atoms with E-state index in [-0.39, 0.29) is 23.6 Å². The van der Waals surface area contributed by atoms with Gasteiger partial charge >= 0.3 is 5.97 Å². The van der Waals surface area contributed by atoms with Gasteiger partial charge in [-0.15, -0.1) is 5.10 Å². The van der Waals surface area contributed by atoms with Crippen molar-refractivity contribution in [2.45, 2.75) is 38.1 Å². The van der Waals surface area contributed by atoms with E-state index in [1.165, 1.54) is 22.0 Å². The van der Waals surface area contributed by atoms with Crippen molar-refractivity contribution in [1.82, 2.24) is 20.3 Å². The molecule has 2 N–H and O–H groups in total. The van der Waals surface area contributed by atoms with Crippen LogP contribution in [0, 0.1) is 0 Å². The van der Waals surface area contributed by atoms with Crippen LogP contribution in [0.1, 0.15) is 41.4 Å². The van der Waals surface area contributed by atoms with Gasteiger partial charge in [-0.3, -0.25) is 4.79 Å². The molecule has 7 heteroatoms. The lowest BCUT2D eigenvalue weighted by Gasteiger charge is -2.36. The van der Waals surface area contributed by atoms with Crippen LogP contribution >= 0.6 is 0 Å². The van der Waals surface area contributed by atoms with Gasteiger partial charge in [0, 0.05) is 12.0 Å². The van der Waals surface area contributed by atoms with Gasteiger partial charge in [0.05, 0.1) is 6.20 Å². The highest BCUT2D eigenvalue weighted by Gasteiger charge is 2.32. The van der Waals surface area contributed by atoms with Gasteiger partial charge in [-0.2, -0.15) is 0 Å². The molecule has 1 aromatic heterocycles. The summed E-state index contributed by atoms with van der Waals surface area (Å²) in [5, 5.41) is 18.9. The highest BCUT2D eigenvalue weighted by atomic mass is 16.4. The first-order valence-electron chi connectivity index (χ1n) is 7.96. The molecule has 0 saturated carbocycles. The van der Waals surface area contributed by atoms with Crippen molar-refractivity contribution >= 4 is 11.9 Å². The Labute approximate surface area is 139 Å². The summed E-state index contributed by atoms with van der Waals surface area (Å²) in [6.07, 6.45) is 4.46. The molecule has 1 atom stereocenters. The molecule has 1 aliphatic rings. The predicted molar refractivity (Wildman–Crippen MR) is 86.7 cm³/mol. The molecule has 3 rings (SSSR count). The van der Waals surface area contributed by atoms with Gasteiger partial charge in [0.1, 0.15) is 6.54 Å². The Morgan fingerprint density at radius 1 is 1.38 bits per heavy atom. The molecule has 2 aromatic rings. The molecule has 1 aromatic carbocycles. The van der Waals surface area contributed by atoms with Gasteiger partial charge in [-0.05, 0) is 30.4 Å². The van der Waals surface area contributed by atoms with Gasteiger partial charge in [0.15, 0.2) is 5.69 Å². The molecule has 1 amide bonds. The number of carboxylic acid groups (broad SMARTS) is 1. The van der Waals surface area contributed by atoms with Gasteiger partial charge in [0.25, 0.3) is 0 Å². The van der Waals surface area contributed by atoms with Gasteiger partial charge in [-0.25, -0.2) is 9.48 Å². The number of hydrogen-bond donors (Lipinski definition) is 2. The number of aromatic nitrogens is 3. The number of carbonyl (C=O) groups is 2. The third-order valence-electron chi connectivity index (χ3n) is 4.58. The van der Waals surface area contributed by atoms with Crippen molar-refractivity contribution in [3.63, 3.8) is 0 Å². The predicted octanol–water partition coefficient (Wildman–Crippen LogP) is 1.39. The molecule has 0 bridgehead atoms. The zero-order valence-electron chi connectivity index (χ0n) is 13.5. The first-order valence-corrected chi connectivity index (χ1v) is 7.96. The minimum atomic E-state index is -1.16. The lowest BCUT2D eigenvalue weighted by atomic mass is 9.71. The first kappa shape index (κ1) is 16.2. The number of carboxylic acids is 1. The number of carbonyl (C=O) groups excluding carboxylic acids is 1. The molecule has 0 fully saturated rings. The van der Waals surface area contributed by atoms with Crippen LogP contribution < -0.4 is 5.32 Å². The maximum atomic E-state index is 12.1. The molecular weight excluding hydrogens is 308 g/mol. The molecule has 1 heterocycles. The molecule has 1 unspecified atom stereocenters. The van der Waals surface area contributed by atoms with Gasteiger partial charge < -0.3 is 10.4 Å². The highest BCUT2D eigenvalue weighted by molar-refractivity contribution is 5.84. The van der Waals surface area contributed by atoms with E-state index >= 15 is 0 Å². The topological polar surface area (TPSA) is 97.1 Å². The number of aryl methyl sites for hydroxylation is 1.